The number of aryl methyl sites for hydroxylation is 2. The van der Waals surface area contributed by atoms with Crippen molar-refractivity contribution < 1.29 is 4.39 Å². The molecule has 0 radical (unpaired) electrons. The van der Waals surface area contributed by atoms with Crippen molar-refractivity contribution in [2.75, 3.05) is 0 Å². The van der Waals surface area contributed by atoms with Crippen LogP contribution in [0.15, 0.2) is 18.2 Å². The zero-order chi connectivity index (χ0) is 10.6. The summed E-state index contributed by atoms with van der Waals surface area (Å²) < 4.78 is 13.0. The van der Waals surface area contributed by atoms with Crippen LogP contribution in [0.2, 0.25) is 0 Å². The molecular weight excluding hydrogens is 175 g/mol. The van der Waals surface area contributed by atoms with E-state index in [2.05, 4.69) is 19.9 Å². The van der Waals surface area contributed by atoms with Gasteiger partial charge in [-0.3, -0.25) is 0 Å². The smallest absolute Gasteiger partial charge is 0.123 e. The number of hydrogen-bond donors (Lipinski definition) is 0. The van der Waals surface area contributed by atoms with Crippen LogP contribution in [0.4, 0.5) is 4.39 Å². The fraction of sp³-hybridized carbons (Fsp3) is 0.538. The molecule has 78 valence electrons. The van der Waals surface area contributed by atoms with Gasteiger partial charge in [0.05, 0.1) is 0 Å². The maximum absolute atomic E-state index is 13.0. The first-order valence-electron chi connectivity index (χ1n) is 5.34. The SMILES string of the molecule is Cc1cc(F)cc(CCCC(C)C)c1. The van der Waals surface area contributed by atoms with E-state index in [1.165, 1.54) is 6.42 Å². The molecule has 1 aromatic rings. The Morgan fingerprint density at radius 3 is 2.50 bits per heavy atom. The maximum Gasteiger partial charge on any atom is 0.123 e. The second-order valence-electron chi connectivity index (χ2n) is 4.42. The van der Waals surface area contributed by atoms with Crippen molar-refractivity contribution in [3.63, 3.8) is 0 Å². The quantitative estimate of drug-likeness (QED) is 0.676. The van der Waals surface area contributed by atoms with Gasteiger partial charge in [-0.25, -0.2) is 4.39 Å². The molecule has 0 atom stereocenters. The average molecular weight is 194 g/mol. The topological polar surface area (TPSA) is 0 Å². The van der Waals surface area contributed by atoms with Crippen LogP contribution in [0, 0.1) is 18.7 Å². The Kier molecular flexibility index (Phi) is 4.12. The summed E-state index contributed by atoms with van der Waals surface area (Å²) in [4.78, 5) is 0. The van der Waals surface area contributed by atoms with E-state index >= 15 is 0 Å². The molecule has 0 nitrogen and oxygen atoms in total. The highest BCUT2D eigenvalue weighted by Crippen LogP contribution is 2.13. The van der Waals surface area contributed by atoms with E-state index in [0.29, 0.717) is 0 Å². The molecule has 0 saturated heterocycles. The lowest BCUT2D eigenvalue weighted by atomic mass is 10.0. The molecule has 0 aliphatic rings. The molecule has 0 aliphatic heterocycles. The largest absolute Gasteiger partial charge is 0.207 e. The molecule has 14 heavy (non-hydrogen) atoms. The van der Waals surface area contributed by atoms with Gasteiger partial charge in [0.2, 0.25) is 0 Å². The second kappa shape index (κ2) is 5.14. The van der Waals surface area contributed by atoms with Gasteiger partial charge >= 0.3 is 0 Å². The lowest BCUT2D eigenvalue weighted by Gasteiger charge is -2.05. The summed E-state index contributed by atoms with van der Waals surface area (Å²) in [5, 5.41) is 0. The number of benzene rings is 1. The number of hydrogen-bond acceptors (Lipinski definition) is 0. The summed E-state index contributed by atoms with van der Waals surface area (Å²) >= 11 is 0. The summed E-state index contributed by atoms with van der Waals surface area (Å²) in [6, 6.07) is 5.29. The van der Waals surface area contributed by atoms with Gasteiger partial charge < -0.3 is 0 Å². The second-order valence-corrected chi connectivity index (χ2v) is 4.42. The third-order valence-corrected chi connectivity index (χ3v) is 2.35. The first-order chi connectivity index (χ1) is 6.58. The fourth-order valence-electron chi connectivity index (χ4n) is 1.67. The van der Waals surface area contributed by atoms with Crippen molar-refractivity contribution in [2.45, 2.75) is 40.0 Å². The van der Waals surface area contributed by atoms with E-state index in [4.69, 9.17) is 0 Å². The van der Waals surface area contributed by atoms with Gasteiger partial charge in [0.25, 0.3) is 0 Å². The van der Waals surface area contributed by atoms with E-state index in [1.807, 2.05) is 6.92 Å². The van der Waals surface area contributed by atoms with Crippen LogP contribution in [0.3, 0.4) is 0 Å². The minimum Gasteiger partial charge on any atom is -0.207 e. The van der Waals surface area contributed by atoms with Crippen LogP contribution in [0.25, 0.3) is 0 Å². The highest BCUT2D eigenvalue weighted by molar-refractivity contribution is 5.23. The normalized spacial score (nSPS) is 10.9. The van der Waals surface area contributed by atoms with Crippen molar-refractivity contribution in [1.82, 2.24) is 0 Å². The molecule has 0 heterocycles. The molecule has 0 N–H and O–H groups in total. The Morgan fingerprint density at radius 1 is 1.21 bits per heavy atom. The molecular formula is C13H19F. The van der Waals surface area contributed by atoms with Crippen LogP contribution >= 0.6 is 0 Å². The lowest BCUT2D eigenvalue weighted by Crippen LogP contribution is -1.92. The van der Waals surface area contributed by atoms with Gasteiger partial charge in [0, 0.05) is 0 Å². The van der Waals surface area contributed by atoms with Gasteiger partial charge in [-0.05, 0) is 48.9 Å². The van der Waals surface area contributed by atoms with Crippen LogP contribution in [0.5, 0.6) is 0 Å². The van der Waals surface area contributed by atoms with Crippen molar-refractivity contribution in [2.24, 2.45) is 5.92 Å². The van der Waals surface area contributed by atoms with Crippen molar-refractivity contribution in [3.05, 3.63) is 35.1 Å². The molecule has 0 fully saturated rings. The van der Waals surface area contributed by atoms with Gasteiger partial charge in [0.15, 0.2) is 0 Å². The third kappa shape index (κ3) is 3.91. The van der Waals surface area contributed by atoms with Crippen LogP contribution in [-0.4, -0.2) is 0 Å². The first kappa shape index (κ1) is 11.2. The molecule has 0 bridgehead atoms. The molecule has 0 unspecified atom stereocenters. The predicted molar refractivity (Wildman–Crippen MR) is 58.9 cm³/mol. The summed E-state index contributed by atoms with van der Waals surface area (Å²) in [5.74, 6) is 0.634. The van der Waals surface area contributed by atoms with Crippen LogP contribution in [-0.2, 0) is 6.42 Å². The molecule has 1 rings (SSSR count). The van der Waals surface area contributed by atoms with Crippen LogP contribution < -0.4 is 0 Å². The summed E-state index contributed by atoms with van der Waals surface area (Å²) in [7, 11) is 0. The first-order valence-corrected chi connectivity index (χ1v) is 5.34. The molecule has 1 aromatic carbocycles. The highest BCUT2D eigenvalue weighted by atomic mass is 19.1. The molecule has 1 heteroatoms. The standard InChI is InChI=1S/C13H19F/c1-10(2)5-4-6-12-7-11(3)8-13(14)9-12/h7-10H,4-6H2,1-3H3. The molecule has 0 aromatic heterocycles. The highest BCUT2D eigenvalue weighted by Gasteiger charge is 1.99. The third-order valence-electron chi connectivity index (χ3n) is 2.35. The van der Waals surface area contributed by atoms with Gasteiger partial charge in [-0.1, -0.05) is 26.3 Å². The molecule has 0 spiro atoms. The summed E-state index contributed by atoms with van der Waals surface area (Å²) in [6.07, 6.45) is 3.37. The monoisotopic (exact) mass is 194 g/mol. The Bertz CT molecular complexity index is 269. The fourth-order valence-corrected chi connectivity index (χ4v) is 1.67. The lowest BCUT2D eigenvalue weighted by molar-refractivity contribution is 0.554. The van der Waals surface area contributed by atoms with E-state index in [0.717, 1.165) is 29.9 Å². The van der Waals surface area contributed by atoms with E-state index < -0.39 is 0 Å². The summed E-state index contributed by atoms with van der Waals surface area (Å²) in [6.45, 7) is 6.38. The molecule has 0 amide bonds. The molecule has 0 saturated carbocycles. The summed E-state index contributed by atoms with van der Waals surface area (Å²) in [5.41, 5.74) is 2.15. The average Bonchev–Trinajstić information content (AvgIpc) is 2.01. The minimum atomic E-state index is -0.107. The number of rotatable bonds is 4. The van der Waals surface area contributed by atoms with Gasteiger partial charge in [-0.15, -0.1) is 0 Å². The zero-order valence-corrected chi connectivity index (χ0v) is 9.31. The van der Waals surface area contributed by atoms with Crippen molar-refractivity contribution in [3.8, 4) is 0 Å². The minimum absolute atomic E-state index is 0.107. The van der Waals surface area contributed by atoms with Crippen molar-refractivity contribution >= 4 is 0 Å². The Morgan fingerprint density at radius 2 is 1.93 bits per heavy atom. The Balaban J connectivity index is 2.50. The van der Waals surface area contributed by atoms with Gasteiger partial charge in [-0.2, -0.15) is 0 Å². The van der Waals surface area contributed by atoms with Crippen molar-refractivity contribution in [1.29, 1.82) is 0 Å². The van der Waals surface area contributed by atoms with Crippen LogP contribution in [0.1, 0.15) is 37.8 Å². The van der Waals surface area contributed by atoms with E-state index in [-0.39, 0.29) is 5.82 Å². The Labute approximate surface area is 86.2 Å². The molecule has 0 aliphatic carbocycles. The zero-order valence-electron chi connectivity index (χ0n) is 9.31. The number of halogens is 1. The van der Waals surface area contributed by atoms with E-state index in [1.54, 1.807) is 12.1 Å². The van der Waals surface area contributed by atoms with E-state index in [9.17, 15) is 4.39 Å². The Hall–Kier alpha value is -0.850. The maximum atomic E-state index is 13.0. The predicted octanol–water partition coefficient (Wildman–Crippen LogP) is 4.11. The van der Waals surface area contributed by atoms with Gasteiger partial charge in [0.1, 0.15) is 5.82 Å².